The third-order valence-electron chi connectivity index (χ3n) is 3.80. The molecule has 0 fully saturated rings. The molecule has 0 N–H and O–H groups in total. The van der Waals surface area contributed by atoms with Gasteiger partial charge in [-0.2, -0.15) is 5.10 Å². The average Bonchev–Trinajstić information content (AvgIpc) is 2.66. The van der Waals surface area contributed by atoms with Gasteiger partial charge in [0.15, 0.2) is 0 Å². The van der Waals surface area contributed by atoms with Crippen LogP contribution >= 0.6 is 0 Å². The van der Waals surface area contributed by atoms with Crippen molar-refractivity contribution in [3.05, 3.63) is 89.0 Å². The van der Waals surface area contributed by atoms with Gasteiger partial charge in [0.1, 0.15) is 11.2 Å². The summed E-state index contributed by atoms with van der Waals surface area (Å²) in [7, 11) is 0. The Morgan fingerprint density at radius 3 is 2.42 bits per heavy atom. The Kier molecular flexibility index (Phi) is 3.59. The molecule has 24 heavy (non-hydrogen) atoms. The van der Waals surface area contributed by atoms with Gasteiger partial charge in [-0.1, -0.05) is 36.4 Å². The topological polar surface area (TPSA) is 60.7 Å². The Hall–Kier alpha value is -3.34. The van der Waals surface area contributed by atoms with Crippen molar-refractivity contribution in [3.8, 4) is 11.4 Å². The molecule has 0 unspecified atom stereocenters. The monoisotopic (exact) mass is 314 g/mol. The number of hydrogen-bond acceptors (Lipinski definition) is 4. The van der Waals surface area contributed by atoms with Crippen LogP contribution in [0.1, 0.15) is 5.56 Å². The average molecular weight is 314 g/mol. The van der Waals surface area contributed by atoms with Gasteiger partial charge in [-0.15, -0.1) is 0 Å². The molecular weight excluding hydrogens is 300 g/mol. The summed E-state index contributed by atoms with van der Waals surface area (Å²) in [5.74, 6) is 0. The highest BCUT2D eigenvalue weighted by Gasteiger charge is 2.13. The predicted molar refractivity (Wildman–Crippen MR) is 92.6 cm³/mol. The Labute approximate surface area is 138 Å². The third-order valence-corrected chi connectivity index (χ3v) is 3.80. The second kappa shape index (κ2) is 6.04. The van der Waals surface area contributed by atoms with Gasteiger partial charge in [0.25, 0.3) is 5.56 Å². The van der Waals surface area contributed by atoms with Crippen molar-refractivity contribution in [1.82, 2.24) is 19.7 Å². The highest BCUT2D eigenvalue weighted by molar-refractivity contribution is 5.90. The van der Waals surface area contributed by atoms with Crippen molar-refractivity contribution in [1.29, 1.82) is 0 Å². The second-order valence-corrected chi connectivity index (χ2v) is 5.41. The van der Waals surface area contributed by atoms with Gasteiger partial charge >= 0.3 is 0 Å². The molecule has 0 saturated carbocycles. The minimum absolute atomic E-state index is 0.200. The maximum atomic E-state index is 12.7. The minimum Gasteiger partial charge on any atom is -0.265 e. The van der Waals surface area contributed by atoms with Crippen LogP contribution in [0.4, 0.5) is 0 Å². The van der Waals surface area contributed by atoms with Crippen LogP contribution in [0.5, 0.6) is 0 Å². The number of rotatable bonds is 3. The van der Waals surface area contributed by atoms with E-state index in [1.165, 1.54) is 4.68 Å². The summed E-state index contributed by atoms with van der Waals surface area (Å²) in [4.78, 5) is 21.4. The standard InChI is InChI=1S/C19H14N4O/c24-19-18-15(9-6-12-21-18)17(16-10-4-5-11-20-16)22-23(19)13-14-7-2-1-3-8-14/h1-12H,13H2. The molecule has 0 radical (unpaired) electrons. The summed E-state index contributed by atoms with van der Waals surface area (Å²) >= 11 is 0. The molecule has 0 aliphatic rings. The van der Waals surface area contributed by atoms with Gasteiger partial charge in [0.05, 0.1) is 12.2 Å². The van der Waals surface area contributed by atoms with Crippen LogP contribution in [0, 0.1) is 0 Å². The maximum absolute atomic E-state index is 12.7. The lowest BCUT2D eigenvalue weighted by atomic mass is 10.1. The van der Waals surface area contributed by atoms with E-state index in [9.17, 15) is 4.79 Å². The number of fused-ring (bicyclic) bond motifs is 1. The summed E-state index contributed by atoms with van der Waals surface area (Å²) in [6.07, 6.45) is 3.34. The summed E-state index contributed by atoms with van der Waals surface area (Å²) in [6, 6.07) is 19.1. The van der Waals surface area contributed by atoms with E-state index in [-0.39, 0.29) is 5.56 Å². The first kappa shape index (κ1) is 14.3. The third kappa shape index (κ3) is 2.56. The van der Waals surface area contributed by atoms with E-state index in [0.717, 1.165) is 11.3 Å². The molecule has 4 aromatic rings. The van der Waals surface area contributed by atoms with Crippen molar-refractivity contribution < 1.29 is 0 Å². The smallest absolute Gasteiger partial charge is 0.265 e. The summed E-state index contributed by atoms with van der Waals surface area (Å²) in [6.45, 7) is 0.395. The molecule has 0 aliphatic heterocycles. The zero-order valence-corrected chi connectivity index (χ0v) is 12.8. The van der Waals surface area contributed by atoms with E-state index in [0.29, 0.717) is 23.1 Å². The number of benzene rings is 1. The SMILES string of the molecule is O=c1c2ncccc2c(-c2ccccn2)nn1Cc1ccccc1. The largest absolute Gasteiger partial charge is 0.293 e. The van der Waals surface area contributed by atoms with Crippen LogP contribution in [-0.4, -0.2) is 19.7 Å². The van der Waals surface area contributed by atoms with Crippen LogP contribution < -0.4 is 5.56 Å². The first-order chi connectivity index (χ1) is 11.8. The van der Waals surface area contributed by atoms with Gasteiger partial charge in [0.2, 0.25) is 0 Å². The minimum atomic E-state index is -0.200. The lowest BCUT2D eigenvalue weighted by molar-refractivity contribution is 0.648. The van der Waals surface area contributed by atoms with E-state index < -0.39 is 0 Å². The van der Waals surface area contributed by atoms with Gasteiger partial charge in [-0.05, 0) is 29.8 Å². The van der Waals surface area contributed by atoms with Gasteiger partial charge in [-0.3, -0.25) is 14.8 Å². The Bertz CT molecular complexity index is 1040. The van der Waals surface area contributed by atoms with E-state index in [1.807, 2.05) is 54.6 Å². The quantitative estimate of drug-likeness (QED) is 0.583. The zero-order chi connectivity index (χ0) is 16.4. The van der Waals surface area contributed by atoms with Crippen LogP contribution in [0.2, 0.25) is 0 Å². The molecule has 0 spiro atoms. The number of hydrogen-bond donors (Lipinski definition) is 0. The molecule has 116 valence electrons. The molecule has 3 heterocycles. The molecule has 3 aromatic heterocycles. The van der Waals surface area contributed by atoms with E-state index >= 15 is 0 Å². The van der Waals surface area contributed by atoms with Crippen molar-refractivity contribution >= 4 is 10.9 Å². The van der Waals surface area contributed by atoms with E-state index in [4.69, 9.17) is 0 Å². The molecular formula is C19H14N4O. The molecule has 5 heteroatoms. The highest BCUT2D eigenvalue weighted by Crippen LogP contribution is 2.21. The molecule has 5 nitrogen and oxygen atoms in total. The maximum Gasteiger partial charge on any atom is 0.293 e. The molecule has 1 aromatic carbocycles. The van der Waals surface area contributed by atoms with Crippen molar-refractivity contribution in [2.75, 3.05) is 0 Å². The van der Waals surface area contributed by atoms with Crippen LogP contribution in [-0.2, 0) is 6.54 Å². The summed E-state index contributed by atoms with van der Waals surface area (Å²) in [5.41, 5.74) is 2.60. The molecule has 0 aliphatic carbocycles. The van der Waals surface area contributed by atoms with Crippen LogP contribution in [0.15, 0.2) is 77.9 Å². The van der Waals surface area contributed by atoms with Gasteiger partial charge < -0.3 is 0 Å². The van der Waals surface area contributed by atoms with Crippen molar-refractivity contribution in [2.45, 2.75) is 6.54 Å². The Morgan fingerprint density at radius 1 is 0.833 bits per heavy atom. The van der Waals surface area contributed by atoms with Gasteiger partial charge in [-0.25, -0.2) is 4.68 Å². The first-order valence-electron chi connectivity index (χ1n) is 7.64. The predicted octanol–water partition coefficient (Wildman–Crippen LogP) is 2.90. The molecule has 0 saturated heterocycles. The first-order valence-corrected chi connectivity index (χ1v) is 7.64. The lowest BCUT2D eigenvalue weighted by Gasteiger charge is -2.10. The van der Waals surface area contributed by atoms with Crippen LogP contribution in [0.25, 0.3) is 22.3 Å². The molecule has 0 amide bonds. The molecule has 4 rings (SSSR count). The molecule has 0 bridgehead atoms. The number of nitrogens with zero attached hydrogens (tertiary/aromatic N) is 4. The Balaban J connectivity index is 1.95. The van der Waals surface area contributed by atoms with Crippen LogP contribution in [0.3, 0.4) is 0 Å². The van der Waals surface area contributed by atoms with Gasteiger partial charge in [0, 0.05) is 17.8 Å². The zero-order valence-electron chi connectivity index (χ0n) is 12.8. The number of pyridine rings is 2. The fourth-order valence-electron chi connectivity index (χ4n) is 2.66. The Morgan fingerprint density at radius 2 is 1.62 bits per heavy atom. The van der Waals surface area contributed by atoms with E-state index in [2.05, 4.69) is 15.1 Å². The van der Waals surface area contributed by atoms with Crippen molar-refractivity contribution in [3.63, 3.8) is 0 Å². The highest BCUT2D eigenvalue weighted by atomic mass is 16.1. The fourth-order valence-corrected chi connectivity index (χ4v) is 2.66. The summed E-state index contributed by atoms with van der Waals surface area (Å²) in [5, 5.41) is 5.28. The summed E-state index contributed by atoms with van der Waals surface area (Å²) < 4.78 is 1.45. The fraction of sp³-hybridized carbons (Fsp3) is 0.0526. The second-order valence-electron chi connectivity index (χ2n) is 5.41. The lowest BCUT2D eigenvalue weighted by Crippen LogP contribution is -2.25. The van der Waals surface area contributed by atoms with Crippen molar-refractivity contribution in [2.24, 2.45) is 0 Å². The molecule has 0 atom stereocenters. The van der Waals surface area contributed by atoms with E-state index in [1.54, 1.807) is 18.5 Å². The normalized spacial score (nSPS) is 10.8. The number of aromatic nitrogens is 4.